The van der Waals surface area contributed by atoms with Gasteiger partial charge in [0, 0.05) is 46.8 Å². The predicted octanol–water partition coefficient (Wildman–Crippen LogP) is 5.98. The largest absolute Gasteiger partial charge is 0.416 e. The zero-order chi connectivity index (χ0) is 34.3. The Kier molecular flexibility index (Phi) is 8.32. The van der Waals surface area contributed by atoms with E-state index in [1.807, 2.05) is 31.2 Å². The number of halogens is 3. The van der Waals surface area contributed by atoms with Gasteiger partial charge in [0.05, 0.1) is 35.8 Å². The molecule has 1 atom stereocenters. The number of benzene rings is 2. The van der Waals surface area contributed by atoms with Gasteiger partial charge in [-0.3, -0.25) is 9.36 Å². The highest BCUT2D eigenvalue weighted by Gasteiger charge is 2.33. The molecule has 5 heterocycles. The lowest BCUT2D eigenvalue weighted by Gasteiger charge is -2.17. The van der Waals surface area contributed by atoms with Gasteiger partial charge in [-0.1, -0.05) is 18.2 Å². The molecule has 0 aliphatic carbocycles. The second-order valence-electron chi connectivity index (χ2n) is 12.2. The lowest BCUT2D eigenvalue weighted by Crippen LogP contribution is -2.25. The third-order valence-corrected chi connectivity index (χ3v) is 8.73. The molecule has 2 N–H and O–H groups in total. The Morgan fingerprint density at radius 3 is 2.43 bits per heavy atom. The highest BCUT2D eigenvalue weighted by molar-refractivity contribution is 5.83. The van der Waals surface area contributed by atoms with Crippen molar-refractivity contribution in [1.82, 2.24) is 39.2 Å². The Morgan fingerprint density at radius 2 is 1.71 bits per heavy atom. The summed E-state index contributed by atoms with van der Waals surface area (Å²) >= 11 is 0. The van der Waals surface area contributed by atoms with Crippen LogP contribution in [0.3, 0.4) is 0 Å². The summed E-state index contributed by atoms with van der Waals surface area (Å²) in [6, 6.07) is 15.0. The Hall–Kier alpha value is -5.63. The number of hydrogen-bond acceptors (Lipinski definition) is 9. The number of fused-ring (bicyclic) bond motifs is 1. The van der Waals surface area contributed by atoms with Crippen molar-refractivity contribution >= 4 is 28.4 Å². The maximum Gasteiger partial charge on any atom is 0.416 e. The van der Waals surface area contributed by atoms with Crippen molar-refractivity contribution in [3.05, 3.63) is 112 Å². The van der Waals surface area contributed by atoms with Crippen LogP contribution < -0.4 is 16.2 Å². The molecular formula is C35H33F3N10O. The minimum Gasteiger partial charge on any atom is -0.381 e. The average molecular weight is 667 g/mol. The summed E-state index contributed by atoms with van der Waals surface area (Å²) in [6.45, 7) is 5.24. The quantitative estimate of drug-likeness (QED) is 0.202. The van der Waals surface area contributed by atoms with Gasteiger partial charge in [-0.05, 0) is 75.8 Å². The number of nitrogens with one attached hydrogen (secondary N) is 2. The van der Waals surface area contributed by atoms with Gasteiger partial charge >= 0.3 is 6.18 Å². The fourth-order valence-electron chi connectivity index (χ4n) is 6.40. The van der Waals surface area contributed by atoms with Gasteiger partial charge in [0.15, 0.2) is 0 Å². The molecule has 1 aliphatic rings. The van der Waals surface area contributed by atoms with Crippen LogP contribution in [0.5, 0.6) is 0 Å². The van der Waals surface area contributed by atoms with Crippen molar-refractivity contribution in [2.75, 3.05) is 30.8 Å². The smallest absolute Gasteiger partial charge is 0.381 e. The van der Waals surface area contributed by atoms with Crippen molar-refractivity contribution in [3.8, 4) is 16.8 Å². The highest BCUT2D eigenvalue weighted by atomic mass is 19.4. The number of likely N-dealkylation sites (N-methyl/N-ethyl adjacent to an activating group) is 1. The number of aromatic nitrogens is 7. The van der Waals surface area contributed by atoms with E-state index in [9.17, 15) is 18.0 Å². The van der Waals surface area contributed by atoms with Crippen LogP contribution >= 0.6 is 0 Å². The van der Waals surface area contributed by atoms with E-state index in [1.54, 1.807) is 36.3 Å². The van der Waals surface area contributed by atoms with Crippen molar-refractivity contribution in [3.63, 3.8) is 0 Å². The molecule has 14 heteroatoms. The molecule has 1 fully saturated rings. The number of rotatable bonds is 8. The lowest BCUT2D eigenvalue weighted by atomic mass is 10.0. The summed E-state index contributed by atoms with van der Waals surface area (Å²) in [6.07, 6.45) is 2.63. The second-order valence-corrected chi connectivity index (χ2v) is 12.2. The Morgan fingerprint density at radius 1 is 0.980 bits per heavy atom. The third kappa shape index (κ3) is 6.46. The number of alkyl halides is 3. The first-order valence-corrected chi connectivity index (χ1v) is 15.7. The fraction of sp³-hybridized carbons (Fsp3) is 0.257. The van der Waals surface area contributed by atoms with E-state index in [2.05, 4.69) is 47.6 Å². The molecule has 11 nitrogen and oxygen atoms in total. The highest BCUT2D eigenvalue weighted by Crippen LogP contribution is 2.33. The minimum atomic E-state index is -4.61. The summed E-state index contributed by atoms with van der Waals surface area (Å²) in [5, 5.41) is 11.8. The molecule has 0 bridgehead atoms. The molecule has 1 unspecified atom stereocenters. The lowest BCUT2D eigenvalue weighted by molar-refractivity contribution is -0.138. The summed E-state index contributed by atoms with van der Waals surface area (Å²) < 4.78 is 45.2. The fourth-order valence-corrected chi connectivity index (χ4v) is 6.40. The zero-order valence-electron chi connectivity index (χ0n) is 27.0. The van der Waals surface area contributed by atoms with Crippen molar-refractivity contribution in [2.45, 2.75) is 39.0 Å². The summed E-state index contributed by atoms with van der Waals surface area (Å²) in [4.78, 5) is 34.0. The van der Waals surface area contributed by atoms with Gasteiger partial charge < -0.3 is 15.5 Å². The van der Waals surface area contributed by atoms with E-state index in [0.29, 0.717) is 39.8 Å². The monoisotopic (exact) mass is 666 g/mol. The number of nitrogens with zero attached hydrogens (tertiary/aromatic N) is 8. The van der Waals surface area contributed by atoms with Crippen LogP contribution in [-0.2, 0) is 12.7 Å². The molecule has 0 radical (unpaired) electrons. The van der Waals surface area contributed by atoms with E-state index < -0.39 is 17.3 Å². The first kappa shape index (κ1) is 31.9. The van der Waals surface area contributed by atoms with Gasteiger partial charge in [0.25, 0.3) is 5.56 Å². The molecule has 4 aromatic heterocycles. The Bertz CT molecular complexity index is 2200. The van der Waals surface area contributed by atoms with E-state index in [4.69, 9.17) is 0 Å². The molecule has 49 heavy (non-hydrogen) atoms. The molecule has 0 amide bonds. The summed E-state index contributed by atoms with van der Waals surface area (Å²) in [5.41, 5.74) is 3.09. The number of pyridine rings is 1. The zero-order valence-corrected chi connectivity index (χ0v) is 27.0. The van der Waals surface area contributed by atoms with Crippen LogP contribution in [0.4, 0.5) is 30.5 Å². The standard InChI is InChI=1S/C35H33F3N10O/c1-21-31(22(2)48(45-21)28-16-39-20-40-17-28)29-14-24-15-41-34(43-26-10-8-25(9-11-26)42-27-12-13-46(3)19-27)44-32(24)47(33(29)49)18-23-6-4-5-7-30(23)35(36,37)38/h4-11,14-17,20,27,42H,12-13,18-19H2,1-3H3,(H,41,43,44). The van der Waals surface area contributed by atoms with Crippen molar-refractivity contribution < 1.29 is 13.2 Å². The van der Waals surface area contributed by atoms with Crippen LogP contribution in [0.15, 0.2) is 84.3 Å². The van der Waals surface area contributed by atoms with Crippen LogP contribution in [0, 0.1) is 13.8 Å². The molecule has 250 valence electrons. The van der Waals surface area contributed by atoms with E-state index in [0.717, 1.165) is 31.3 Å². The number of hydrogen-bond donors (Lipinski definition) is 2. The first-order valence-electron chi connectivity index (χ1n) is 15.7. The topological polar surface area (TPSA) is 119 Å². The Balaban J connectivity index is 1.30. The molecular weight excluding hydrogens is 633 g/mol. The van der Waals surface area contributed by atoms with Crippen LogP contribution in [0.2, 0.25) is 0 Å². The van der Waals surface area contributed by atoms with Crippen LogP contribution in [-0.4, -0.2) is 65.4 Å². The van der Waals surface area contributed by atoms with Gasteiger partial charge in [0.1, 0.15) is 17.7 Å². The van der Waals surface area contributed by atoms with Gasteiger partial charge in [0.2, 0.25) is 5.95 Å². The van der Waals surface area contributed by atoms with Gasteiger partial charge in [-0.2, -0.15) is 23.3 Å². The second kappa shape index (κ2) is 12.8. The maximum atomic E-state index is 14.4. The number of aryl methyl sites for hydroxylation is 1. The maximum absolute atomic E-state index is 14.4. The van der Waals surface area contributed by atoms with E-state index in [-0.39, 0.29) is 29.3 Å². The SMILES string of the molecule is Cc1nn(-c2cncnc2)c(C)c1-c1cc2cnc(Nc3ccc(NC4CCN(C)C4)cc3)nc2n(Cc2ccccc2C(F)(F)F)c1=O. The molecule has 1 aliphatic heterocycles. The Labute approximate surface area is 279 Å². The van der Waals surface area contributed by atoms with Gasteiger partial charge in [-0.25, -0.2) is 19.6 Å². The minimum absolute atomic E-state index is 0.0641. The average Bonchev–Trinajstić information content (AvgIpc) is 3.63. The van der Waals surface area contributed by atoms with Crippen LogP contribution in [0.25, 0.3) is 27.8 Å². The molecule has 6 aromatic rings. The van der Waals surface area contributed by atoms with Crippen molar-refractivity contribution in [2.24, 2.45) is 0 Å². The molecule has 2 aromatic carbocycles. The normalized spacial score (nSPS) is 15.2. The molecule has 0 spiro atoms. The molecule has 1 saturated heterocycles. The number of likely N-dealkylation sites (tertiary alicyclic amines) is 1. The number of anilines is 3. The third-order valence-electron chi connectivity index (χ3n) is 8.73. The van der Waals surface area contributed by atoms with E-state index in [1.165, 1.54) is 29.1 Å². The van der Waals surface area contributed by atoms with Gasteiger partial charge in [-0.15, -0.1) is 0 Å². The first-order chi connectivity index (χ1) is 23.5. The van der Waals surface area contributed by atoms with Crippen molar-refractivity contribution in [1.29, 1.82) is 0 Å². The van der Waals surface area contributed by atoms with Crippen LogP contribution in [0.1, 0.15) is 28.9 Å². The van der Waals surface area contributed by atoms with E-state index >= 15 is 0 Å². The summed E-state index contributed by atoms with van der Waals surface area (Å²) in [7, 11) is 2.10. The predicted molar refractivity (Wildman–Crippen MR) is 181 cm³/mol. The molecule has 7 rings (SSSR count). The summed E-state index contributed by atoms with van der Waals surface area (Å²) in [5.74, 6) is 0.194. The molecule has 0 saturated carbocycles.